The van der Waals surface area contributed by atoms with Crippen molar-refractivity contribution in [3.63, 3.8) is 0 Å². The Morgan fingerprint density at radius 3 is 2.56 bits per heavy atom. The van der Waals surface area contributed by atoms with E-state index in [1.54, 1.807) is 0 Å². The number of hydrogen-bond acceptors (Lipinski definition) is 1. The Labute approximate surface area is 115 Å². The lowest BCUT2D eigenvalue weighted by atomic mass is 9.98. The highest BCUT2D eigenvalue weighted by molar-refractivity contribution is 7.83. The molecule has 0 spiro atoms. The number of hydrogen-bond donors (Lipinski definition) is 1. The highest BCUT2D eigenvalue weighted by Gasteiger charge is 2.11. The topological polar surface area (TPSA) is 37.3 Å². The van der Waals surface area contributed by atoms with E-state index in [0.717, 1.165) is 24.3 Å². The van der Waals surface area contributed by atoms with E-state index in [-0.39, 0.29) is 0 Å². The van der Waals surface area contributed by atoms with Gasteiger partial charge in [0, 0.05) is 16.3 Å². The summed E-state index contributed by atoms with van der Waals surface area (Å²) >= 11 is 4.01. The molecule has 96 valence electrons. The van der Waals surface area contributed by atoms with Crippen molar-refractivity contribution in [1.82, 2.24) is 0 Å². The molecule has 1 N–H and O–H groups in total. The van der Waals surface area contributed by atoms with Gasteiger partial charge in [0.25, 0.3) is 0 Å². The summed E-state index contributed by atoms with van der Waals surface area (Å²) in [5.41, 5.74) is 2.48. The van der Waals surface area contributed by atoms with Crippen LogP contribution in [0.5, 0.6) is 0 Å². The second kappa shape index (κ2) is 6.32. The van der Waals surface area contributed by atoms with Crippen molar-refractivity contribution in [2.45, 2.75) is 25.7 Å². The number of halogens is 1. The molecule has 0 aromatic heterocycles. The third-order valence-corrected chi connectivity index (χ3v) is 4.04. The fraction of sp³-hybridized carbons (Fsp3) is 0.286. The monoisotopic (exact) mass is 282 g/mol. The third-order valence-electron chi connectivity index (χ3n) is 3.03. The van der Waals surface area contributed by atoms with E-state index in [1.165, 1.54) is 11.1 Å². The molecule has 2 nitrogen and oxygen atoms in total. The molecule has 4 heteroatoms. The molecule has 0 bridgehead atoms. The first kappa shape index (κ1) is 13.5. The van der Waals surface area contributed by atoms with Gasteiger partial charge in [0.05, 0.1) is 0 Å². The van der Waals surface area contributed by atoms with Crippen molar-refractivity contribution in [2.75, 3.05) is 0 Å². The number of benzene rings is 1. The molecule has 0 fully saturated rings. The van der Waals surface area contributed by atoms with Crippen molar-refractivity contribution in [2.24, 2.45) is 0 Å². The van der Waals surface area contributed by atoms with Gasteiger partial charge in [0.1, 0.15) is 0 Å². The molecule has 1 aromatic rings. The lowest BCUT2D eigenvalue weighted by Crippen LogP contribution is -2.01. The van der Waals surface area contributed by atoms with E-state index in [2.05, 4.69) is 6.08 Å². The van der Waals surface area contributed by atoms with Gasteiger partial charge < -0.3 is 4.55 Å². The van der Waals surface area contributed by atoms with Crippen molar-refractivity contribution < 1.29 is 8.76 Å². The van der Waals surface area contributed by atoms with E-state index < -0.39 is 11.1 Å². The normalized spacial score (nSPS) is 17.0. The molecule has 0 radical (unpaired) electrons. The summed E-state index contributed by atoms with van der Waals surface area (Å²) in [5.74, 6) is 0. The minimum atomic E-state index is -1.82. The Bertz CT molecular complexity index is 503. The maximum absolute atomic E-state index is 11.0. The van der Waals surface area contributed by atoms with Gasteiger partial charge in [0.2, 0.25) is 0 Å². The minimum absolute atomic E-state index is 0.622. The van der Waals surface area contributed by atoms with E-state index in [0.29, 0.717) is 11.3 Å². The van der Waals surface area contributed by atoms with Gasteiger partial charge in [0.15, 0.2) is 11.1 Å². The largest absolute Gasteiger partial charge is 0.302 e. The van der Waals surface area contributed by atoms with Gasteiger partial charge in [-0.05, 0) is 37.0 Å². The predicted molar refractivity (Wildman–Crippen MR) is 75.9 cm³/mol. The molecule has 1 unspecified atom stereocenters. The van der Waals surface area contributed by atoms with Crippen LogP contribution in [0.25, 0.3) is 0 Å². The van der Waals surface area contributed by atoms with Crippen LogP contribution < -0.4 is 0 Å². The highest BCUT2D eigenvalue weighted by atomic mass is 35.5. The van der Waals surface area contributed by atoms with Crippen LogP contribution in [-0.4, -0.2) is 8.76 Å². The Morgan fingerprint density at radius 1 is 1.17 bits per heavy atom. The van der Waals surface area contributed by atoms with Crippen LogP contribution in [0.15, 0.2) is 46.9 Å². The van der Waals surface area contributed by atoms with E-state index >= 15 is 0 Å². The zero-order chi connectivity index (χ0) is 13.0. The van der Waals surface area contributed by atoms with Gasteiger partial charge in [-0.25, -0.2) is 4.21 Å². The van der Waals surface area contributed by atoms with Crippen molar-refractivity contribution in [1.29, 1.82) is 0 Å². The van der Waals surface area contributed by atoms with Crippen LogP contribution in [0, 0.1) is 0 Å². The Morgan fingerprint density at radius 2 is 1.89 bits per heavy atom. The average molecular weight is 283 g/mol. The smallest absolute Gasteiger partial charge is 0.182 e. The second-order valence-electron chi connectivity index (χ2n) is 4.32. The lowest BCUT2D eigenvalue weighted by Gasteiger charge is -2.12. The summed E-state index contributed by atoms with van der Waals surface area (Å²) in [6.07, 6.45) is 7.23. The molecule has 1 aliphatic rings. The Kier molecular flexibility index (Phi) is 4.75. The molecule has 1 atom stereocenters. The number of allylic oxidation sites excluding steroid dienone is 4. The Balaban J connectivity index is 1.90. The fourth-order valence-corrected chi connectivity index (χ4v) is 2.68. The lowest BCUT2D eigenvalue weighted by molar-refractivity contribution is 0.569. The standard InChI is InChI=1S/C14H15ClO2S/c15-13-8-6-11(7-9-13)4-5-12-2-1-3-14(10-12)18(16)17/h2-3,6-9H,1,4-5,10H2,(H,16,17). The van der Waals surface area contributed by atoms with Gasteiger partial charge in [-0.1, -0.05) is 41.5 Å². The Hall–Kier alpha value is -0.900. The van der Waals surface area contributed by atoms with E-state index in [4.69, 9.17) is 16.2 Å². The maximum atomic E-state index is 11.0. The first-order chi connectivity index (χ1) is 8.65. The SMILES string of the molecule is O=S(O)C1=CCC=C(CCc2ccc(Cl)cc2)C1. The third kappa shape index (κ3) is 3.80. The molecule has 1 aliphatic carbocycles. The summed E-state index contributed by atoms with van der Waals surface area (Å²) in [5, 5.41) is 0.747. The first-order valence-electron chi connectivity index (χ1n) is 5.87. The van der Waals surface area contributed by atoms with Gasteiger partial charge in [-0.2, -0.15) is 0 Å². The molecule has 1 aromatic carbocycles. The van der Waals surface area contributed by atoms with Crippen LogP contribution in [0.3, 0.4) is 0 Å². The zero-order valence-corrected chi connectivity index (χ0v) is 11.5. The van der Waals surface area contributed by atoms with Crippen LogP contribution in [0.2, 0.25) is 5.02 Å². The molecule has 0 saturated heterocycles. The summed E-state index contributed by atoms with van der Waals surface area (Å²) < 4.78 is 20.1. The van der Waals surface area contributed by atoms with E-state index in [9.17, 15) is 4.21 Å². The van der Waals surface area contributed by atoms with Crippen molar-refractivity contribution in [3.8, 4) is 0 Å². The highest BCUT2D eigenvalue weighted by Crippen LogP contribution is 2.24. The van der Waals surface area contributed by atoms with Gasteiger partial charge in [-0.15, -0.1) is 0 Å². The summed E-state index contributed by atoms with van der Waals surface area (Å²) in [6.45, 7) is 0. The minimum Gasteiger partial charge on any atom is -0.302 e. The van der Waals surface area contributed by atoms with Gasteiger partial charge in [-0.3, -0.25) is 0 Å². The molecular weight excluding hydrogens is 268 g/mol. The van der Waals surface area contributed by atoms with Crippen LogP contribution >= 0.6 is 11.6 Å². The fourth-order valence-electron chi connectivity index (χ4n) is 2.00. The zero-order valence-electron chi connectivity index (χ0n) is 9.93. The van der Waals surface area contributed by atoms with Crippen LogP contribution in [0.4, 0.5) is 0 Å². The molecule has 0 amide bonds. The van der Waals surface area contributed by atoms with Crippen LogP contribution in [0.1, 0.15) is 24.8 Å². The quantitative estimate of drug-likeness (QED) is 0.667. The molecule has 0 saturated carbocycles. The van der Waals surface area contributed by atoms with Crippen molar-refractivity contribution in [3.05, 3.63) is 57.5 Å². The van der Waals surface area contributed by atoms with Crippen LogP contribution in [-0.2, 0) is 17.5 Å². The van der Waals surface area contributed by atoms with Crippen molar-refractivity contribution >= 4 is 22.7 Å². The predicted octanol–water partition coefficient (Wildman–Crippen LogP) is 4.10. The molecule has 2 rings (SSSR count). The molecular formula is C14H15ClO2S. The molecule has 18 heavy (non-hydrogen) atoms. The molecule has 0 heterocycles. The first-order valence-corrected chi connectivity index (χ1v) is 7.36. The second-order valence-corrected chi connectivity index (χ2v) is 5.78. The van der Waals surface area contributed by atoms with Gasteiger partial charge >= 0.3 is 0 Å². The summed E-state index contributed by atoms with van der Waals surface area (Å²) in [6, 6.07) is 7.82. The number of rotatable bonds is 4. The average Bonchev–Trinajstić information content (AvgIpc) is 2.38. The summed E-state index contributed by atoms with van der Waals surface area (Å²) in [4.78, 5) is 0.628. The number of aryl methyl sites for hydroxylation is 1. The summed E-state index contributed by atoms with van der Waals surface area (Å²) in [7, 11) is 0. The maximum Gasteiger partial charge on any atom is 0.182 e. The van der Waals surface area contributed by atoms with E-state index in [1.807, 2.05) is 30.3 Å². The molecule has 0 aliphatic heterocycles.